The van der Waals surface area contributed by atoms with Gasteiger partial charge in [0, 0.05) is 24.5 Å². The van der Waals surface area contributed by atoms with Gasteiger partial charge in [0.25, 0.3) is 5.91 Å². The van der Waals surface area contributed by atoms with Crippen LogP contribution in [0.2, 0.25) is 0 Å². The molecular formula is C15H19N5O. The highest BCUT2D eigenvalue weighted by Crippen LogP contribution is 2.21. The number of hydrogen-bond donors (Lipinski definition) is 3. The Labute approximate surface area is 123 Å². The van der Waals surface area contributed by atoms with Crippen LogP contribution in [-0.4, -0.2) is 40.7 Å². The summed E-state index contributed by atoms with van der Waals surface area (Å²) in [5.41, 5.74) is 2.24. The minimum absolute atomic E-state index is 0.107. The van der Waals surface area contributed by atoms with Crippen LogP contribution in [0.1, 0.15) is 23.3 Å². The third-order valence-corrected chi connectivity index (χ3v) is 3.81. The molecule has 0 radical (unpaired) electrons. The van der Waals surface area contributed by atoms with Crippen molar-refractivity contribution in [1.82, 2.24) is 25.8 Å². The Morgan fingerprint density at radius 1 is 1.38 bits per heavy atom. The van der Waals surface area contributed by atoms with Crippen LogP contribution in [0.15, 0.2) is 30.7 Å². The first-order valence-corrected chi connectivity index (χ1v) is 7.27. The van der Waals surface area contributed by atoms with Gasteiger partial charge in [-0.15, -0.1) is 0 Å². The van der Waals surface area contributed by atoms with E-state index in [9.17, 15) is 4.79 Å². The Morgan fingerprint density at radius 2 is 2.24 bits per heavy atom. The average Bonchev–Trinajstić information content (AvgIpc) is 3.04. The van der Waals surface area contributed by atoms with Crippen molar-refractivity contribution in [1.29, 1.82) is 0 Å². The molecule has 0 spiro atoms. The maximum atomic E-state index is 12.3. The van der Waals surface area contributed by atoms with Gasteiger partial charge in [-0.1, -0.05) is 0 Å². The fourth-order valence-corrected chi connectivity index (χ4v) is 2.63. The number of hydrogen-bond acceptors (Lipinski definition) is 4. The van der Waals surface area contributed by atoms with Crippen molar-refractivity contribution in [3.63, 3.8) is 0 Å². The summed E-state index contributed by atoms with van der Waals surface area (Å²) in [5, 5.41) is 13.1. The number of aromatic amines is 1. The van der Waals surface area contributed by atoms with E-state index in [0.717, 1.165) is 30.6 Å². The molecule has 2 aromatic heterocycles. The Hall–Kier alpha value is -2.21. The van der Waals surface area contributed by atoms with Crippen LogP contribution < -0.4 is 10.6 Å². The van der Waals surface area contributed by atoms with Crippen LogP contribution in [0.25, 0.3) is 11.1 Å². The molecule has 1 amide bonds. The molecule has 0 bridgehead atoms. The molecule has 3 heterocycles. The predicted octanol–water partition coefficient (Wildman–Crippen LogP) is 1.20. The normalized spacial score (nSPS) is 18.4. The Morgan fingerprint density at radius 3 is 3.00 bits per heavy atom. The second-order valence-electron chi connectivity index (χ2n) is 5.32. The highest BCUT2D eigenvalue weighted by Gasteiger charge is 2.18. The maximum Gasteiger partial charge on any atom is 0.269 e. The second-order valence-corrected chi connectivity index (χ2v) is 5.32. The lowest BCUT2D eigenvalue weighted by atomic mass is 9.99. The minimum Gasteiger partial charge on any atom is -0.350 e. The van der Waals surface area contributed by atoms with E-state index in [0.29, 0.717) is 18.2 Å². The summed E-state index contributed by atoms with van der Waals surface area (Å²) in [6, 6.07) is 3.74. The van der Waals surface area contributed by atoms with Crippen molar-refractivity contribution in [2.24, 2.45) is 5.92 Å². The third kappa shape index (κ3) is 3.28. The lowest BCUT2D eigenvalue weighted by Gasteiger charge is -2.22. The molecule has 1 unspecified atom stereocenters. The van der Waals surface area contributed by atoms with Crippen LogP contribution in [0.4, 0.5) is 0 Å². The van der Waals surface area contributed by atoms with Crippen LogP contribution in [0.5, 0.6) is 0 Å². The molecule has 6 heteroatoms. The molecule has 0 saturated carbocycles. The molecule has 1 saturated heterocycles. The van der Waals surface area contributed by atoms with E-state index >= 15 is 0 Å². The van der Waals surface area contributed by atoms with Gasteiger partial charge in [0.1, 0.15) is 5.69 Å². The second kappa shape index (κ2) is 6.49. The molecule has 2 aromatic rings. The maximum absolute atomic E-state index is 12.3. The van der Waals surface area contributed by atoms with Crippen LogP contribution in [-0.2, 0) is 0 Å². The summed E-state index contributed by atoms with van der Waals surface area (Å²) in [5.74, 6) is 0.403. The number of nitrogens with zero attached hydrogens (tertiary/aromatic N) is 2. The summed E-state index contributed by atoms with van der Waals surface area (Å²) in [7, 11) is 0. The minimum atomic E-state index is -0.107. The summed E-state index contributed by atoms with van der Waals surface area (Å²) in [6.45, 7) is 2.75. The molecular weight excluding hydrogens is 266 g/mol. The highest BCUT2D eigenvalue weighted by atomic mass is 16.1. The summed E-state index contributed by atoms with van der Waals surface area (Å²) in [4.78, 5) is 16.3. The monoisotopic (exact) mass is 285 g/mol. The van der Waals surface area contributed by atoms with E-state index in [1.54, 1.807) is 18.6 Å². The first-order valence-electron chi connectivity index (χ1n) is 7.27. The molecule has 1 fully saturated rings. The first kappa shape index (κ1) is 13.8. The predicted molar refractivity (Wildman–Crippen MR) is 79.7 cm³/mol. The van der Waals surface area contributed by atoms with Crippen molar-refractivity contribution in [2.75, 3.05) is 19.6 Å². The number of carbonyl (C=O) groups is 1. The molecule has 0 aliphatic carbocycles. The zero-order valence-electron chi connectivity index (χ0n) is 11.8. The van der Waals surface area contributed by atoms with Gasteiger partial charge in [0.05, 0.1) is 6.20 Å². The van der Waals surface area contributed by atoms with Gasteiger partial charge in [0.15, 0.2) is 0 Å². The molecule has 1 aliphatic rings. The number of piperidine rings is 1. The van der Waals surface area contributed by atoms with Gasteiger partial charge in [0.2, 0.25) is 0 Å². The Kier molecular flexibility index (Phi) is 4.25. The zero-order chi connectivity index (χ0) is 14.5. The molecule has 6 nitrogen and oxygen atoms in total. The van der Waals surface area contributed by atoms with Crippen molar-refractivity contribution < 1.29 is 4.79 Å². The van der Waals surface area contributed by atoms with E-state index in [1.807, 2.05) is 12.1 Å². The van der Waals surface area contributed by atoms with E-state index in [-0.39, 0.29) is 5.91 Å². The smallest absolute Gasteiger partial charge is 0.269 e. The molecule has 3 N–H and O–H groups in total. The number of amides is 1. The summed E-state index contributed by atoms with van der Waals surface area (Å²) in [6.07, 6.45) is 7.42. The standard InChI is InChI=1S/C15H19N5O/c21-15(18-9-11-2-1-5-17-8-11)14-13(10-19-20-14)12-3-6-16-7-4-12/h3-4,6-7,10-11,17H,1-2,5,8-9H2,(H,18,21)(H,19,20). The summed E-state index contributed by atoms with van der Waals surface area (Å²) < 4.78 is 0. The van der Waals surface area contributed by atoms with E-state index in [4.69, 9.17) is 0 Å². The molecule has 3 rings (SSSR count). The number of carbonyl (C=O) groups excluding carboxylic acids is 1. The zero-order valence-corrected chi connectivity index (χ0v) is 11.8. The van der Waals surface area contributed by atoms with Gasteiger partial charge < -0.3 is 10.6 Å². The SMILES string of the molecule is O=C(NCC1CCCNC1)c1[nH]ncc1-c1ccncc1. The molecule has 0 aromatic carbocycles. The lowest BCUT2D eigenvalue weighted by Crippen LogP contribution is -2.38. The highest BCUT2D eigenvalue weighted by molar-refractivity contribution is 5.98. The van der Waals surface area contributed by atoms with Gasteiger partial charge in [-0.25, -0.2) is 0 Å². The Balaban J connectivity index is 1.66. The van der Waals surface area contributed by atoms with E-state index in [1.165, 1.54) is 6.42 Å². The molecule has 1 atom stereocenters. The number of rotatable bonds is 4. The average molecular weight is 285 g/mol. The number of nitrogens with one attached hydrogen (secondary N) is 3. The third-order valence-electron chi connectivity index (χ3n) is 3.81. The van der Waals surface area contributed by atoms with Gasteiger partial charge in [-0.2, -0.15) is 5.10 Å². The Bertz CT molecular complexity index is 589. The fraction of sp³-hybridized carbons (Fsp3) is 0.400. The van der Waals surface area contributed by atoms with Crippen LogP contribution >= 0.6 is 0 Å². The number of aromatic nitrogens is 3. The fourth-order valence-electron chi connectivity index (χ4n) is 2.63. The van der Waals surface area contributed by atoms with Crippen molar-refractivity contribution >= 4 is 5.91 Å². The van der Waals surface area contributed by atoms with Crippen molar-refractivity contribution in [3.05, 3.63) is 36.4 Å². The first-order chi connectivity index (χ1) is 10.3. The largest absolute Gasteiger partial charge is 0.350 e. The molecule has 1 aliphatic heterocycles. The number of pyridine rings is 1. The van der Waals surface area contributed by atoms with Gasteiger partial charge >= 0.3 is 0 Å². The van der Waals surface area contributed by atoms with Gasteiger partial charge in [-0.3, -0.25) is 14.9 Å². The lowest BCUT2D eigenvalue weighted by molar-refractivity contribution is 0.0940. The van der Waals surface area contributed by atoms with Crippen molar-refractivity contribution in [2.45, 2.75) is 12.8 Å². The van der Waals surface area contributed by atoms with Crippen LogP contribution in [0.3, 0.4) is 0 Å². The molecule has 21 heavy (non-hydrogen) atoms. The van der Waals surface area contributed by atoms with E-state index in [2.05, 4.69) is 25.8 Å². The van der Waals surface area contributed by atoms with Gasteiger partial charge in [-0.05, 0) is 49.5 Å². The van der Waals surface area contributed by atoms with Crippen LogP contribution in [0, 0.1) is 5.92 Å². The van der Waals surface area contributed by atoms with E-state index < -0.39 is 0 Å². The van der Waals surface area contributed by atoms with Crippen molar-refractivity contribution in [3.8, 4) is 11.1 Å². The quantitative estimate of drug-likeness (QED) is 0.788. The number of H-pyrrole nitrogens is 1. The molecule has 110 valence electrons. The topological polar surface area (TPSA) is 82.7 Å². The summed E-state index contributed by atoms with van der Waals surface area (Å²) >= 11 is 0.